The molecular weight excluding hydrogens is 386 g/mol. The molecule has 126 valence electrons. The molecule has 0 unspecified atom stereocenters. The number of hydrogen-bond acceptors (Lipinski definition) is 0. The van der Waals surface area contributed by atoms with Gasteiger partial charge in [-0.05, 0) is 0 Å². The number of allylic oxidation sites excluding steroid dienone is 1. The minimum absolute atomic E-state index is 0.115. The molecule has 0 saturated carbocycles. The van der Waals surface area contributed by atoms with Crippen molar-refractivity contribution in [1.29, 1.82) is 0 Å². The Labute approximate surface area is 146 Å². The van der Waals surface area contributed by atoms with Crippen LogP contribution >= 0.6 is 0 Å². The van der Waals surface area contributed by atoms with Crippen molar-refractivity contribution in [1.82, 2.24) is 0 Å². The van der Waals surface area contributed by atoms with Crippen LogP contribution in [0.15, 0.2) is 8.68 Å². The first-order valence-electron chi connectivity index (χ1n) is 9.08. The van der Waals surface area contributed by atoms with Gasteiger partial charge in [0.1, 0.15) is 0 Å². The zero-order valence-electron chi connectivity index (χ0n) is 17.2. The first-order chi connectivity index (χ1) is 9.80. The van der Waals surface area contributed by atoms with Crippen LogP contribution in [0.2, 0.25) is 40.6 Å². The summed E-state index contributed by atoms with van der Waals surface area (Å²) in [4.78, 5) is 7.78. The van der Waals surface area contributed by atoms with E-state index < -0.39 is 26.5 Å². The second kappa shape index (κ2) is 8.47. The monoisotopic (exact) mass is 426 g/mol. The average molecular weight is 425 g/mol. The number of rotatable bonds is 6. The Balaban J connectivity index is 6.28. The van der Waals surface area contributed by atoms with Crippen molar-refractivity contribution in [3.05, 3.63) is 8.68 Å². The van der Waals surface area contributed by atoms with Gasteiger partial charge in [0.2, 0.25) is 0 Å². The third-order valence-electron chi connectivity index (χ3n) is 4.31. The fourth-order valence-electron chi connectivity index (χ4n) is 3.68. The van der Waals surface area contributed by atoms with Crippen LogP contribution in [0.25, 0.3) is 0 Å². The van der Waals surface area contributed by atoms with E-state index >= 15 is 0 Å². The molecule has 0 bridgehead atoms. The van der Waals surface area contributed by atoms with Gasteiger partial charge in [0.15, 0.2) is 0 Å². The van der Waals surface area contributed by atoms with E-state index in [4.69, 9.17) is 0 Å². The van der Waals surface area contributed by atoms with Gasteiger partial charge in [0.25, 0.3) is 0 Å². The molecule has 0 aromatic heterocycles. The van der Waals surface area contributed by atoms with Crippen LogP contribution in [0.5, 0.6) is 0 Å². The van der Waals surface area contributed by atoms with Gasteiger partial charge in [-0.3, -0.25) is 0 Å². The summed E-state index contributed by atoms with van der Waals surface area (Å²) >= 11 is -2.17. The van der Waals surface area contributed by atoms with Crippen LogP contribution in [-0.4, -0.2) is 33.2 Å². The second-order valence-corrected chi connectivity index (χ2v) is 28.8. The fourth-order valence-corrected chi connectivity index (χ4v) is 28.0. The molecule has 0 fully saturated rings. The molecule has 0 radical (unpaired) electrons. The predicted octanol–water partition coefficient (Wildman–Crippen LogP) is 6.48. The molecule has 0 aliphatic heterocycles. The van der Waals surface area contributed by atoms with Crippen molar-refractivity contribution in [2.24, 2.45) is 5.41 Å². The molecule has 3 heteroatoms. The van der Waals surface area contributed by atoms with Gasteiger partial charge in [0, 0.05) is 0 Å². The molecule has 0 rings (SSSR count). The van der Waals surface area contributed by atoms with Gasteiger partial charge in [-0.1, -0.05) is 0 Å². The minimum atomic E-state index is -2.17. The SMILES string of the molecule is CCB(CC)/C(CC)=[C](/[Si](C)(C)C#CC(C)(C)C)[Sn]([CH3])([CH3])[CH3]. The molecule has 0 nitrogen and oxygen atoms in total. The van der Waals surface area contributed by atoms with Gasteiger partial charge in [-0.2, -0.15) is 0 Å². The first kappa shape index (κ1) is 22.4. The Kier molecular flexibility index (Phi) is 8.62. The van der Waals surface area contributed by atoms with Crippen molar-refractivity contribution in [3.8, 4) is 11.5 Å². The summed E-state index contributed by atoms with van der Waals surface area (Å²) in [5.74, 6) is 3.58. The van der Waals surface area contributed by atoms with Crippen LogP contribution in [0.4, 0.5) is 0 Å². The number of hydrogen-bond donors (Lipinski definition) is 0. The van der Waals surface area contributed by atoms with Crippen LogP contribution < -0.4 is 0 Å². The summed E-state index contributed by atoms with van der Waals surface area (Å²) in [6.07, 6.45) is 3.79. The molecular formula is C19H39BSiSn. The van der Waals surface area contributed by atoms with Crippen LogP contribution in [0.3, 0.4) is 0 Å². The quantitative estimate of drug-likeness (QED) is 0.338. The van der Waals surface area contributed by atoms with Crippen LogP contribution in [0, 0.1) is 16.9 Å². The van der Waals surface area contributed by atoms with Crippen molar-refractivity contribution >= 4 is 33.2 Å². The third-order valence-corrected chi connectivity index (χ3v) is 22.2. The van der Waals surface area contributed by atoms with E-state index in [9.17, 15) is 0 Å². The van der Waals surface area contributed by atoms with Gasteiger partial charge >= 0.3 is 147 Å². The zero-order valence-corrected chi connectivity index (χ0v) is 21.1. The van der Waals surface area contributed by atoms with E-state index in [1.165, 1.54) is 19.1 Å². The molecule has 0 heterocycles. The molecule has 0 saturated heterocycles. The van der Waals surface area contributed by atoms with E-state index in [0.29, 0.717) is 0 Å². The average Bonchev–Trinajstić information content (AvgIpc) is 2.34. The summed E-state index contributed by atoms with van der Waals surface area (Å²) in [6, 6.07) is 0. The molecule has 0 aromatic rings. The zero-order chi connectivity index (χ0) is 17.8. The van der Waals surface area contributed by atoms with E-state index in [0.717, 1.165) is 6.71 Å². The van der Waals surface area contributed by atoms with Gasteiger partial charge in [-0.25, -0.2) is 0 Å². The third kappa shape index (κ3) is 6.87. The van der Waals surface area contributed by atoms with Crippen LogP contribution in [-0.2, 0) is 0 Å². The van der Waals surface area contributed by atoms with Crippen molar-refractivity contribution in [2.45, 2.75) is 88.5 Å². The standard InChI is InChI=1S/C16H30BSi.3CH3.Sn/c1-9-15(17(10-2)11-3)14-18(7,8)13-12-16(4,5)6;;;;/h9-11H2,1-8H3;3*1H3;. The normalized spacial score (nSPS) is 14.1. The molecule has 0 aliphatic carbocycles. The second-order valence-electron chi connectivity index (χ2n) is 9.14. The van der Waals surface area contributed by atoms with Gasteiger partial charge in [-0.15, -0.1) is 0 Å². The molecule has 0 atom stereocenters. The summed E-state index contributed by atoms with van der Waals surface area (Å²) in [6.45, 7) is 19.6. The predicted molar refractivity (Wildman–Crippen MR) is 112 cm³/mol. The summed E-state index contributed by atoms with van der Waals surface area (Å²) < 4.78 is 1.91. The van der Waals surface area contributed by atoms with Crippen molar-refractivity contribution in [3.63, 3.8) is 0 Å². The molecule has 0 amide bonds. The summed E-state index contributed by atoms with van der Waals surface area (Å²) in [5.41, 5.74) is 5.72. The Hall–Kier alpha value is 0.381. The summed E-state index contributed by atoms with van der Waals surface area (Å²) in [5, 5.41) is 0. The molecule has 0 spiro atoms. The van der Waals surface area contributed by atoms with E-state index in [2.05, 4.69) is 80.9 Å². The van der Waals surface area contributed by atoms with E-state index in [1.54, 1.807) is 5.47 Å². The van der Waals surface area contributed by atoms with Crippen LogP contribution in [0.1, 0.15) is 48.0 Å². The van der Waals surface area contributed by atoms with E-state index in [1.807, 2.05) is 3.21 Å². The first-order valence-corrected chi connectivity index (χ1v) is 22.1. The van der Waals surface area contributed by atoms with Crippen molar-refractivity contribution < 1.29 is 0 Å². The Morgan fingerprint density at radius 2 is 1.45 bits per heavy atom. The van der Waals surface area contributed by atoms with Gasteiger partial charge in [0.05, 0.1) is 0 Å². The maximum absolute atomic E-state index is 3.81. The molecule has 22 heavy (non-hydrogen) atoms. The summed E-state index contributed by atoms with van der Waals surface area (Å²) in [7, 11) is -1.65. The Morgan fingerprint density at radius 3 is 1.73 bits per heavy atom. The molecule has 0 aliphatic rings. The molecule has 0 aromatic carbocycles. The fraction of sp³-hybridized carbons (Fsp3) is 0.789. The Morgan fingerprint density at radius 1 is 1.00 bits per heavy atom. The van der Waals surface area contributed by atoms with Gasteiger partial charge < -0.3 is 0 Å². The molecule has 0 N–H and O–H groups in total. The van der Waals surface area contributed by atoms with Crippen molar-refractivity contribution in [2.75, 3.05) is 0 Å². The van der Waals surface area contributed by atoms with E-state index in [-0.39, 0.29) is 5.41 Å². The Bertz CT molecular complexity index is 449. The topological polar surface area (TPSA) is 0 Å². The maximum atomic E-state index is 3.81.